The van der Waals surface area contributed by atoms with Crippen molar-refractivity contribution in [2.45, 2.75) is 50.7 Å². The summed E-state index contributed by atoms with van der Waals surface area (Å²) in [7, 11) is -4.11. The summed E-state index contributed by atoms with van der Waals surface area (Å²) in [4.78, 5) is 29.6. The van der Waals surface area contributed by atoms with Gasteiger partial charge in [-0.1, -0.05) is 96.6 Å². The molecule has 42 heavy (non-hydrogen) atoms. The fourth-order valence-corrected chi connectivity index (χ4v) is 6.09. The molecule has 0 radical (unpaired) electrons. The average Bonchev–Trinajstić information content (AvgIpc) is 2.99. The molecule has 8 heteroatoms. The van der Waals surface area contributed by atoms with Gasteiger partial charge < -0.3 is 10.2 Å². The number of carbonyl (C=O) groups is 2. The highest BCUT2D eigenvalue weighted by atomic mass is 32.2. The van der Waals surface area contributed by atoms with Gasteiger partial charge in [-0.05, 0) is 56.2 Å². The minimum Gasteiger partial charge on any atom is -0.352 e. The van der Waals surface area contributed by atoms with Gasteiger partial charge in [-0.25, -0.2) is 8.42 Å². The first kappa shape index (κ1) is 30.5. The Morgan fingerprint density at radius 2 is 1.26 bits per heavy atom. The zero-order valence-corrected chi connectivity index (χ0v) is 25.0. The summed E-state index contributed by atoms with van der Waals surface area (Å²) in [5.74, 6) is -0.788. The van der Waals surface area contributed by atoms with E-state index in [9.17, 15) is 18.0 Å². The average molecular weight is 584 g/mol. The standard InChI is InChI=1S/C34H37N3O4S/c1-26(2)35-34(39)32(23-28-13-7-4-8-14-28)36(24-29-15-9-5-10-16-29)33(38)25-37(30-17-11-6-12-18-30)42(40,41)31-21-19-27(3)20-22-31/h4-22,26,32H,23-25H2,1-3H3,(H,35,39)/t32-/m1/s1. The van der Waals surface area contributed by atoms with Crippen molar-refractivity contribution < 1.29 is 18.0 Å². The van der Waals surface area contributed by atoms with Crippen molar-refractivity contribution in [2.75, 3.05) is 10.8 Å². The van der Waals surface area contributed by atoms with Gasteiger partial charge >= 0.3 is 0 Å². The lowest BCUT2D eigenvalue weighted by molar-refractivity contribution is -0.140. The third-order valence-corrected chi connectivity index (χ3v) is 8.62. The third-order valence-electron chi connectivity index (χ3n) is 6.83. The molecule has 0 aromatic heterocycles. The highest BCUT2D eigenvalue weighted by Gasteiger charge is 2.34. The molecule has 4 aromatic rings. The second-order valence-corrected chi connectivity index (χ2v) is 12.4. The summed E-state index contributed by atoms with van der Waals surface area (Å²) in [6, 6.07) is 33.0. The van der Waals surface area contributed by atoms with Gasteiger partial charge in [0.25, 0.3) is 10.0 Å². The minimum absolute atomic E-state index is 0.0812. The normalized spacial score (nSPS) is 12.0. The van der Waals surface area contributed by atoms with Crippen LogP contribution in [-0.2, 0) is 32.6 Å². The number of para-hydroxylation sites is 1. The first-order valence-corrected chi connectivity index (χ1v) is 15.4. The Labute approximate surface area is 248 Å². The van der Waals surface area contributed by atoms with Crippen molar-refractivity contribution >= 4 is 27.5 Å². The maximum absolute atomic E-state index is 14.3. The molecule has 1 atom stereocenters. The van der Waals surface area contributed by atoms with Crippen molar-refractivity contribution in [3.8, 4) is 0 Å². The van der Waals surface area contributed by atoms with E-state index in [1.165, 1.54) is 4.90 Å². The molecule has 0 bridgehead atoms. The number of nitrogens with one attached hydrogen (secondary N) is 1. The van der Waals surface area contributed by atoms with E-state index in [-0.39, 0.29) is 29.8 Å². The molecule has 7 nitrogen and oxygen atoms in total. The first-order chi connectivity index (χ1) is 20.1. The second-order valence-electron chi connectivity index (χ2n) is 10.5. The van der Waals surface area contributed by atoms with Crippen LogP contribution in [0.2, 0.25) is 0 Å². The summed E-state index contributed by atoms with van der Waals surface area (Å²) < 4.78 is 29.1. The molecule has 0 aliphatic carbocycles. The quantitative estimate of drug-likeness (QED) is 0.244. The van der Waals surface area contributed by atoms with E-state index in [0.29, 0.717) is 5.69 Å². The molecule has 0 saturated carbocycles. The van der Waals surface area contributed by atoms with Crippen molar-refractivity contribution in [2.24, 2.45) is 0 Å². The Morgan fingerprint density at radius 3 is 1.81 bits per heavy atom. The number of nitrogens with zero attached hydrogens (tertiary/aromatic N) is 2. The van der Waals surface area contributed by atoms with Gasteiger partial charge in [-0.2, -0.15) is 0 Å². The Bertz CT molecular complexity index is 1560. The number of hydrogen-bond acceptors (Lipinski definition) is 4. The molecule has 0 aliphatic heterocycles. The van der Waals surface area contributed by atoms with E-state index in [1.54, 1.807) is 54.6 Å². The van der Waals surface area contributed by atoms with E-state index in [1.807, 2.05) is 81.4 Å². The lowest BCUT2D eigenvalue weighted by Crippen LogP contribution is -2.54. The Balaban J connectivity index is 1.77. The van der Waals surface area contributed by atoms with Crippen LogP contribution >= 0.6 is 0 Å². The molecule has 0 saturated heterocycles. The van der Waals surface area contributed by atoms with Gasteiger partial charge in [0.05, 0.1) is 10.6 Å². The number of amides is 2. The van der Waals surface area contributed by atoms with Gasteiger partial charge in [0, 0.05) is 19.0 Å². The molecule has 0 aliphatic rings. The van der Waals surface area contributed by atoms with Crippen LogP contribution in [0.25, 0.3) is 0 Å². The lowest BCUT2D eigenvalue weighted by atomic mass is 10.0. The van der Waals surface area contributed by atoms with E-state index in [0.717, 1.165) is 21.0 Å². The van der Waals surface area contributed by atoms with Crippen molar-refractivity contribution in [3.05, 3.63) is 132 Å². The van der Waals surface area contributed by atoms with Crippen LogP contribution in [0.3, 0.4) is 0 Å². The van der Waals surface area contributed by atoms with Crippen LogP contribution < -0.4 is 9.62 Å². The largest absolute Gasteiger partial charge is 0.352 e. The number of aryl methyl sites for hydroxylation is 1. The van der Waals surface area contributed by atoms with Gasteiger partial charge in [0.1, 0.15) is 12.6 Å². The number of sulfonamides is 1. The molecule has 0 unspecified atom stereocenters. The number of benzene rings is 4. The fourth-order valence-electron chi connectivity index (χ4n) is 4.68. The van der Waals surface area contributed by atoms with Gasteiger partial charge in [-0.15, -0.1) is 0 Å². The van der Waals surface area contributed by atoms with Crippen LogP contribution in [0.5, 0.6) is 0 Å². The number of carbonyl (C=O) groups excluding carboxylic acids is 2. The summed E-state index contributed by atoms with van der Waals surface area (Å²) in [5.41, 5.74) is 3.00. The fraction of sp³-hybridized carbons (Fsp3) is 0.235. The van der Waals surface area contributed by atoms with Crippen LogP contribution in [0.4, 0.5) is 5.69 Å². The first-order valence-electron chi connectivity index (χ1n) is 14.0. The van der Waals surface area contributed by atoms with Crippen molar-refractivity contribution in [1.82, 2.24) is 10.2 Å². The summed E-state index contributed by atoms with van der Waals surface area (Å²) in [6.07, 6.45) is 0.272. The summed E-state index contributed by atoms with van der Waals surface area (Å²) in [5, 5.41) is 2.97. The minimum atomic E-state index is -4.11. The Morgan fingerprint density at radius 1 is 0.738 bits per heavy atom. The Kier molecular flexibility index (Phi) is 10.1. The molecule has 2 amide bonds. The highest BCUT2D eigenvalue weighted by molar-refractivity contribution is 7.92. The maximum Gasteiger partial charge on any atom is 0.264 e. The van der Waals surface area contributed by atoms with Gasteiger partial charge in [0.15, 0.2) is 0 Å². The SMILES string of the molecule is Cc1ccc(S(=O)(=O)N(CC(=O)N(Cc2ccccc2)[C@H](Cc2ccccc2)C(=O)NC(C)C)c2ccccc2)cc1. The molecule has 0 heterocycles. The van der Waals surface area contributed by atoms with E-state index in [2.05, 4.69) is 5.32 Å². The van der Waals surface area contributed by atoms with E-state index >= 15 is 0 Å². The monoisotopic (exact) mass is 583 g/mol. The molecule has 4 rings (SSSR count). The second kappa shape index (κ2) is 14.0. The Hall–Kier alpha value is -4.43. The number of hydrogen-bond donors (Lipinski definition) is 1. The molecule has 0 fully saturated rings. The smallest absolute Gasteiger partial charge is 0.264 e. The third kappa shape index (κ3) is 7.85. The predicted octanol–water partition coefficient (Wildman–Crippen LogP) is 5.36. The lowest BCUT2D eigenvalue weighted by Gasteiger charge is -2.34. The van der Waals surface area contributed by atoms with Crippen LogP contribution in [0.15, 0.2) is 120 Å². The molecule has 1 N–H and O–H groups in total. The zero-order chi connectivity index (χ0) is 30.1. The summed E-state index contributed by atoms with van der Waals surface area (Å²) >= 11 is 0. The number of rotatable bonds is 12. The van der Waals surface area contributed by atoms with Crippen LogP contribution in [0.1, 0.15) is 30.5 Å². The highest BCUT2D eigenvalue weighted by Crippen LogP contribution is 2.25. The summed E-state index contributed by atoms with van der Waals surface area (Å²) in [6.45, 7) is 5.27. The van der Waals surface area contributed by atoms with Crippen LogP contribution in [-0.4, -0.2) is 43.8 Å². The van der Waals surface area contributed by atoms with Crippen molar-refractivity contribution in [3.63, 3.8) is 0 Å². The molecule has 218 valence electrons. The van der Waals surface area contributed by atoms with Crippen LogP contribution in [0, 0.1) is 6.92 Å². The number of anilines is 1. The van der Waals surface area contributed by atoms with Crippen molar-refractivity contribution in [1.29, 1.82) is 0 Å². The molecule has 4 aromatic carbocycles. The molecular weight excluding hydrogens is 546 g/mol. The topological polar surface area (TPSA) is 86.8 Å². The molecular formula is C34H37N3O4S. The zero-order valence-electron chi connectivity index (χ0n) is 24.2. The molecule has 0 spiro atoms. The van der Waals surface area contributed by atoms with Gasteiger partial charge in [0.2, 0.25) is 11.8 Å². The van der Waals surface area contributed by atoms with E-state index in [4.69, 9.17) is 0 Å². The van der Waals surface area contributed by atoms with Gasteiger partial charge in [-0.3, -0.25) is 13.9 Å². The van der Waals surface area contributed by atoms with E-state index < -0.39 is 28.5 Å². The maximum atomic E-state index is 14.3. The predicted molar refractivity (Wildman–Crippen MR) is 166 cm³/mol.